The lowest BCUT2D eigenvalue weighted by Gasteiger charge is -2.03. The normalized spacial score (nSPS) is 10.8. The predicted octanol–water partition coefficient (Wildman–Crippen LogP) is 2.00. The molecular weight excluding hydrogens is 200 g/mol. The monoisotopic (exact) mass is 210 g/mol. The van der Waals surface area contributed by atoms with Crippen molar-refractivity contribution in [3.63, 3.8) is 0 Å². The zero-order valence-corrected chi connectivity index (χ0v) is 8.54. The standard InChI is InChI=1S/C12H10N4/c13-9-1-3-10(4-2-9)16-8-15-11-7-14-6-5-12(11)16/h1-8H,13H2. The first-order chi connectivity index (χ1) is 7.84. The molecule has 0 saturated heterocycles. The number of nitrogens with two attached hydrogens (primary N) is 1. The molecule has 2 N–H and O–H groups in total. The van der Waals surface area contributed by atoms with E-state index < -0.39 is 0 Å². The highest BCUT2D eigenvalue weighted by Gasteiger charge is 2.03. The molecule has 0 spiro atoms. The fourth-order valence-electron chi connectivity index (χ4n) is 1.70. The Bertz CT molecular complexity index is 625. The van der Waals surface area contributed by atoms with Gasteiger partial charge in [0.15, 0.2) is 0 Å². The summed E-state index contributed by atoms with van der Waals surface area (Å²) in [7, 11) is 0. The van der Waals surface area contributed by atoms with E-state index in [9.17, 15) is 0 Å². The fraction of sp³-hybridized carbons (Fsp3) is 0. The van der Waals surface area contributed by atoms with Crippen LogP contribution in [0, 0.1) is 0 Å². The Kier molecular flexibility index (Phi) is 1.86. The number of aromatic nitrogens is 3. The van der Waals surface area contributed by atoms with Gasteiger partial charge in [-0.05, 0) is 30.3 Å². The van der Waals surface area contributed by atoms with E-state index in [0.29, 0.717) is 0 Å². The number of nitrogen functional groups attached to an aromatic ring is 1. The lowest BCUT2D eigenvalue weighted by Crippen LogP contribution is -1.92. The van der Waals surface area contributed by atoms with Crippen LogP contribution in [0.1, 0.15) is 0 Å². The van der Waals surface area contributed by atoms with Crippen molar-refractivity contribution in [2.75, 3.05) is 5.73 Å². The van der Waals surface area contributed by atoms with Crippen molar-refractivity contribution in [3.05, 3.63) is 49.1 Å². The molecule has 0 aliphatic carbocycles. The van der Waals surface area contributed by atoms with Crippen LogP contribution in [-0.2, 0) is 0 Å². The van der Waals surface area contributed by atoms with Gasteiger partial charge in [0.05, 0.1) is 11.7 Å². The third-order valence-corrected chi connectivity index (χ3v) is 2.52. The minimum atomic E-state index is 0.759. The number of hydrogen-bond donors (Lipinski definition) is 1. The molecule has 2 heterocycles. The minimum absolute atomic E-state index is 0.759. The molecular formula is C12H10N4. The van der Waals surface area contributed by atoms with Crippen LogP contribution < -0.4 is 5.73 Å². The van der Waals surface area contributed by atoms with Crippen LogP contribution in [0.2, 0.25) is 0 Å². The summed E-state index contributed by atoms with van der Waals surface area (Å²) in [5.74, 6) is 0. The molecule has 3 aromatic rings. The summed E-state index contributed by atoms with van der Waals surface area (Å²) in [4.78, 5) is 8.32. The molecule has 0 radical (unpaired) electrons. The lowest BCUT2D eigenvalue weighted by molar-refractivity contribution is 1.09. The Hall–Kier alpha value is -2.36. The van der Waals surface area contributed by atoms with Gasteiger partial charge in [-0.15, -0.1) is 0 Å². The second-order valence-electron chi connectivity index (χ2n) is 3.57. The molecule has 0 bridgehead atoms. The van der Waals surface area contributed by atoms with Crippen molar-refractivity contribution >= 4 is 16.7 Å². The number of pyridine rings is 1. The summed E-state index contributed by atoms with van der Waals surface area (Å²) in [5, 5.41) is 0. The maximum absolute atomic E-state index is 5.66. The third-order valence-electron chi connectivity index (χ3n) is 2.52. The van der Waals surface area contributed by atoms with Crippen molar-refractivity contribution in [2.24, 2.45) is 0 Å². The van der Waals surface area contributed by atoms with Crippen molar-refractivity contribution < 1.29 is 0 Å². The maximum atomic E-state index is 5.66. The van der Waals surface area contributed by atoms with Crippen LogP contribution in [-0.4, -0.2) is 14.5 Å². The molecule has 16 heavy (non-hydrogen) atoms. The van der Waals surface area contributed by atoms with Crippen LogP contribution >= 0.6 is 0 Å². The van der Waals surface area contributed by atoms with E-state index in [4.69, 9.17) is 5.73 Å². The van der Waals surface area contributed by atoms with Gasteiger partial charge in [-0.1, -0.05) is 0 Å². The second kappa shape index (κ2) is 3.34. The van der Waals surface area contributed by atoms with Gasteiger partial charge in [-0.3, -0.25) is 9.55 Å². The summed E-state index contributed by atoms with van der Waals surface area (Å²) in [6, 6.07) is 9.64. The number of imidazole rings is 1. The number of benzene rings is 1. The van der Waals surface area contributed by atoms with E-state index in [1.54, 1.807) is 18.7 Å². The molecule has 4 nitrogen and oxygen atoms in total. The van der Waals surface area contributed by atoms with Gasteiger partial charge in [-0.2, -0.15) is 0 Å². The molecule has 2 aromatic heterocycles. The summed E-state index contributed by atoms with van der Waals surface area (Å²) in [6.45, 7) is 0. The predicted molar refractivity (Wildman–Crippen MR) is 63.3 cm³/mol. The van der Waals surface area contributed by atoms with Crippen LogP contribution in [0.15, 0.2) is 49.1 Å². The first-order valence-electron chi connectivity index (χ1n) is 4.97. The van der Waals surface area contributed by atoms with E-state index >= 15 is 0 Å². The first-order valence-corrected chi connectivity index (χ1v) is 4.97. The number of fused-ring (bicyclic) bond motifs is 1. The van der Waals surface area contributed by atoms with E-state index in [1.165, 1.54) is 0 Å². The highest BCUT2D eigenvalue weighted by atomic mass is 15.1. The molecule has 0 unspecified atom stereocenters. The first kappa shape index (κ1) is 8.91. The molecule has 0 saturated carbocycles. The molecule has 4 heteroatoms. The average Bonchev–Trinajstić information content (AvgIpc) is 2.74. The molecule has 1 aromatic carbocycles. The fourth-order valence-corrected chi connectivity index (χ4v) is 1.70. The van der Waals surface area contributed by atoms with E-state index in [2.05, 4.69) is 9.97 Å². The summed E-state index contributed by atoms with van der Waals surface area (Å²) >= 11 is 0. The highest BCUT2D eigenvalue weighted by Crippen LogP contribution is 2.17. The Morgan fingerprint density at radius 2 is 1.88 bits per heavy atom. The van der Waals surface area contributed by atoms with Crippen LogP contribution in [0.3, 0.4) is 0 Å². The SMILES string of the molecule is Nc1ccc(-n2cnc3cnccc32)cc1. The maximum Gasteiger partial charge on any atom is 0.107 e. The summed E-state index contributed by atoms with van der Waals surface area (Å²) < 4.78 is 2.01. The van der Waals surface area contributed by atoms with Gasteiger partial charge < -0.3 is 5.73 Å². The smallest absolute Gasteiger partial charge is 0.107 e. The molecule has 0 amide bonds. The number of hydrogen-bond acceptors (Lipinski definition) is 3. The van der Waals surface area contributed by atoms with Crippen LogP contribution in [0.5, 0.6) is 0 Å². The zero-order chi connectivity index (χ0) is 11.0. The molecule has 3 rings (SSSR count). The van der Waals surface area contributed by atoms with E-state index in [1.807, 2.05) is 34.9 Å². The summed E-state index contributed by atoms with van der Waals surface area (Å²) in [6.07, 6.45) is 5.30. The topological polar surface area (TPSA) is 56.7 Å². The summed E-state index contributed by atoms with van der Waals surface area (Å²) in [5.41, 5.74) is 9.39. The highest BCUT2D eigenvalue weighted by molar-refractivity contribution is 5.76. The van der Waals surface area contributed by atoms with E-state index in [-0.39, 0.29) is 0 Å². The van der Waals surface area contributed by atoms with Gasteiger partial charge in [0.25, 0.3) is 0 Å². The Labute approximate surface area is 92.4 Å². The number of rotatable bonds is 1. The quantitative estimate of drug-likeness (QED) is 0.625. The molecule has 0 atom stereocenters. The third kappa shape index (κ3) is 1.32. The molecule has 0 fully saturated rings. The largest absolute Gasteiger partial charge is 0.399 e. The van der Waals surface area contributed by atoms with Crippen LogP contribution in [0.25, 0.3) is 16.7 Å². The molecule has 78 valence electrons. The van der Waals surface area contributed by atoms with Crippen LogP contribution in [0.4, 0.5) is 5.69 Å². The van der Waals surface area contributed by atoms with Crippen molar-refractivity contribution in [1.29, 1.82) is 0 Å². The number of anilines is 1. The second-order valence-corrected chi connectivity index (χ2v) is 3.57. The van der Waals surface area contributed by atoms with Crippen molar-refractivity contribution in [3.8, 4) is 5.69 Å². The van der Waals surface area contributed by atoms with E-state index in [0.717, 1.165) is 22.4 Å². The van der Waals surface area contributed by atoms with Crippen molar-refractivity contribution in [2.45, 2.75) is 0 Å². The zero-order valence-electron chi connectivity index (χ0n) is 8.54. The lowest BCUT2D eigenvalue weighted by atomic mass is 10.3. The Morgan fingerprint density at radius 1 is 1.06 bits per heavy atom. The minimum Gasteiger partial charge on any atom is -0.399 e. The van der Waals surface area contributed by atoms with Gasteiger partial charge >= 0.3 is 0 Å². The Morgan fingerprint density at radius 3 is 2.69 bits per heavy atom. The number of nitrogens with zero attached hydrogens (tertiary/aromatic N) is 3. The van der Waals surface area contributed by atoms with Crippen molar-refractivity contribution in [1.82, 2.24) is 14.5 Å². The van der Waals surface area contributed by atoms with Gasteiger partial charge in [-0.25, -0.2) is 4.98 Å². The van der Waals surface area contributed by atoms with Gasteiger partial charge in [0.1, 0.15) is 11.8 Å². The average molecular weight is 210 g/mol. The van der Waals surface area contributed by atoms with Gasteiger partial charge in [0.2, 0.25) is 0 Å². The molecule has 0 aliphatic rings. The Balaban J connectivity index is 2.22. The molecule has 0 aliphatic heterocycles. The van der Waals surface area contributed by atoms with Gasteiger partial charge in [0, 0.05) is 17.6 Å².